The molecule has 1 atom stereocenters. The quantitative estimate of drug-likeness (QED) is 0.829. The Morgan fingerprint density at radius 1 is 1.40 bits per heavy atom. The molecule has 3 N–H and O–H groups in total. The molecule has 2 aliphatic rings. The lowest BCUT2D eigenvalue weighted by Gasteiger charge is -2.28. The van der Waals surface area contributed by atoms with Gasteiger partial charge in [-0.15, -0.1) is 0 Å². The molecule has 1 aliphatic carbocycles. The second-order valence-electron chi connectivity index (χ2n) is 5.96. The molecule has 0 spiro atoms. The van der Waals surface area contributed by atoms with Crippen molar-refractivity contribution >= 4 is 17.3 Å². The molecule has 1 aromatic carbocycles. The topological polar surface area (TPSA) is 58.4 Å². The summed E-state index contributed by atoms with van der Waals surface area (Å²) in [5.74, 6) is 0.132. The van der Waals surface area contributed by atoms with Gasteiger partial charge in [0.1, 0.15) is 6.04 Å². The summed E-state index contributed by atoms with van der Waals surface area (Å²) < 4.78 is 0. The average Bonchev–Trinajstić information content (AvgIpc) is 3.07. The highest BCUT2D eigenvalue weighted by molar-refractivity contribution is 5.88. The van der Waals surface area contributed by atoms with E-state index in [-0.39, 0.29) is 11.9 Å². The van der Waals surface area contributed by atoms with Gasteiger partial charge in [0.2, 0.25) is 5.91 Å². The second-order valence-corrected chi connectivity index (χ2v) is 5.96. The predicted octanol–water partition coefficient (Wildman–Crippen LogP) is 2.08. The smallest absolute Gasteiger partial charge is 0.242 e. The van der Waals surface area contributed by atoms with Gasteiger partial charge in [0.05, 0.1) is 11.4 Å². The maximum Gasteiger partial charge on any atom is 0.242 e. The number of nitrogen functional groups attached to an aromatic ring is 1. The number of anilines is 2. The maximum absolute atomic E-state index is 12.4. The SMILES string of the molecule is CC(C(=O)NC1CCCC1)N1CCc2cccc(N)c21. The maximum atomic E-state index is 12.4. The molecule has 0 aromatic heterocycles. The van der Waals surface area contributed by atoms with Crippen molar-refractivity contribution in [2.75, 3.05) is 17.2 Å². The Morgan fingerprint density at radius 3 is 2.90 bits per heavy atom. The molecular weight excluding hydrogens is 250 g/mol. The summed E-state index contributed by atoms with van der Waals surface area (Å²) in [7, 11) is 0. The fraction of sp³-hybridized carbons (Fsp3) is 0.562. The Kier molecular flexibility index (Phi) is 3.55. The summed E-state index contributed by atoms with van der Waals surface area (Å²) >= 11 is 0. The van der Waals surface area contributed by atoms with Crippen LogP contribution in [0.3, 0.4) is 0 Å². The fourth-order valence-corrected chi connectivity index (χ4v) is 3.44. The molecular formula is C16H23N3O. The fourth-order valence-electron chi connectivity index (χ4n) is 3.44. The van der Waals surface area contributed by atoms with Crippen molar-refractivity contribution < 1.29 is 4.79 Å². The lowest BCUT2D eigenvalue weighted by atomic mass is 10.1. The lowest BCUT2D eigenvalue weighted by Crippen LogP contribution is -2.47. The van der Waals surface area contributed by atoms with Crippen LogP contribution in [0.2, 0.25) is 0 Å². The number of para-hydroxylation sites is 1. The van der Waals surface area contributed by atoms with Gasteiger partial charge in [-0.1, -0.05) is 25.0 Å². The van der Waals surface area contributed by atoms with Gasteiger partial charge in [-0.25, -0.2) is 0 Å². The van der Waals surface area contributed by atoms with Crippen LogP contribution in [-0.2, 0) is 11.2 Å². The Hall–Kier alpha value is -1.71. The third-order valence-corrected chi connectivity index (χ3v) is 4.61. The van der Waals surface area contributed by atoms with Crippen molar-refractivity contribution in [2.24, 2.45) is 0 Å². The number of nitrogens with zero attached hydrogens (tertiary/aromatic N) is 1. The third-order valence-electron chi connectivity index (χ3n) is 4.61. The van der Waals surface area contributed by atoms with Crippen LogP contribution >= 0.6 is 0 Å². The van der Waals surface area contributed by atoms with Crippen LogP contribution in [0.1, 0.15) is 38.2 Å². The first kappa shape index (κ1) is 13.3. The molecule has 1 saturated carbocycles. The molecule has 108 valence electrons. The van der Waals surface area contributed by atoms with Gasteiger partial charge in [0, 0.05) is 12.6 Å². The summed E-state index contributed by atoms with van der Waals surface area (Å²) in [6.07, 6.45) is 5.69. The van der Waals surface area contributed by atoms with Gasteiger partial charge in [-0.2, -0.15) is 0 Å². The lowest BCUT2D eigenvalue weighted by molar-refractivity contribution is -0.122. The van der Waals surface area contributed by atoms with Crippen molar-refractivity contribution in [1.29, 1.82) is 0 Å². The molecule has 3 rings (SSSR count). The molecule has 1 unspecified atom stereocenters. The van der Waals surface area contributed by atoms with Crippen LogP contribution < -0.4 is 16.0 Å². The molecule has 4 nitrogen and oxygen atoms in total. The van der Waals surface area contributed by atoms with E-state index >= 15 is 0 Å². The minimum absolute atomic E-state index is 0.132. The average molecular weight is 273 g/mol. The number of hydrogen-bond acceptors (Lipinski definition) is 3. The summed E-state index contributed by atoms with van der Waals surface area (Å²) in [6, 6.07) is 6.23. The second kappa shape index (κ2) is 5.35. The van der Waals surface area contributed by atoms with Gasteiger partial charge in [-0.3, -0.25) is 4.79 Å². The molecule has 4 heteroatoms. The van der Waals surface area contributed by atoms with E-state index in [1.165, 1.54) is 18.4 Å². The minimum atomic E-state index is -0.151. The first-order chi connectivity index (χ1) is 9.66. The predicted molar refractivity (Wildman–Crippen MR) is 81.8 cm³/mol. The number of amides is 1. The largest absolute Gasteiger partial charge is 0.397 e. The van der Waals surface area contributed by atoms with E-state index in [1.807, 2.05) is 19.1 Å². The number of carbonyl (C=O) groups excluding carboxylic acids is 1. The molecule has 0 radical (unpaired) electrons. The molecule has 0 saturated heterocycles. The summed E-state index contributed by atoms with van der Waals surface area (Å²) in [5, 5.41) is 3.18. The van der Waals surface area contributed by atoms with Crippen LogP contribution in [0.4, 0.5) is 11.4 Å². The zero-order valence-electron chi connectivity index (χ0n) is 12.1. The molecule has 1 aromatic rings. The van der Waals surface area contributed by atoms with E-state index in [0.717, 1.165) is 37.2 Å². The Balaban J connectivity index is 1.72. The van der Waals surface area contributed by atoms with Crippen molar-refractivity contribution in [3.8, 4) is 0 Å². The van der Waals surface area contributed by atoms with Crippen LogP contribution in [0.5, 0.6) is 0 Å². The number of nitrogens with one attached hydrogen (secondary N) is 1. The Morgan fingerprint density at radius 2 is 2.15 bits per heavy atom. The monoisotopic (exact) mass is 273 g/mol. The number of hydrogen-bond donors (Lipinski definition) is 2. The highest BCUT2D eigenvalue weighted by Gasteiger charge is 2.30. The van der Waals surface area contributed by atoms with E-state index in [1.54, 1.807) is 0 Å². The molecule has 1 aliphatic heterocycles. The van der Waals surface area contributed by atoms with Crippen molar-refractivity contribution in [3.63, 3.8) is 0 Å². The first-order valence-electron chi connectivity index (χ1n) is 7.61. The highest BCUT2D eigenvalue weighted by Crippen LogP contribution is 2.35. The van der Waals surface area contributed by atoms with Crippen molar-refractivity contribution in [2.45, 2.75) is 51.1 Å². The van der Waals surface area contributed by atoms with Crippen molar-refractivity contribution in [3.05, 3.63) is 23.8 Å². The number of benzene rings is 1. The normalized spacial score (nSPS) is 19.9. The van der Waals surface area contributed by atoms with Crippen LogP contribution in [-0.4, -0.2) is 24.5 Å². The molecule has 1 heterocycles. The molecule has 0 bridgehead atoms. The summed E-state index contributed by atoms with van der Waals surface area (Å²) in [4.78, 5) is 14.6. The molecule has 1 fully saturated rings. The number of fused-ring (bicyclic) bond motifs is 1. The molecule has 20 heavy (non-hydrogen) atoms. The first-order valence-corrected chi connectivity index (χ1v) is 7.61. The number of rotatable bonds is 3. The zero-order valence-corrected chi connectivity index (χ0v) is 12.1. The van der Waals surface area contributed by atoms with E-state index in [2.05, 4.69) is 16.3 Å². The minimum Gasteiger partial charge on any atom is -0.397 e. The van der Waals surface area contributed by atoms with E-state index in [0.29, 0.717) is 6.04 Å². The summed E-state index contributed by atoms with van der Waals surface area (Å²) in [6.45, 7) is 2.86. The van der Waals surface area contributed by atoms with Crippen LogP contribution in [0.15, 0.2) is 18.2 Å². The Bertz CT molecular complexity index is 508. The van der Waals surface area contributed by atoms with E-state index < -0.39 is 0 Å². The van der Waals surface area contributed by atoms with Gasteiger partial charge in [-0.05, 0) is 37.8 Å². The van der Waals surface area contributed by atoms with Crippen LogP contribution in [0, 0.1) is 0 Å². The molecule has 1 amide bonds. The van der Waals surface area contributed by atoms with Crippen molar-refractivity contribution in [1.82, 2.24) is 5.32 Å². The standard InChI is InChI=1S/C16H23N3O/c1-11(16(20)18-13-6-2-3-7-13)19-10-9-12-5-4-8-14(17)15(12)19/h4-5,8,11,13H,2-3,6-7,9-10,17H2,1H3,(H,18,20). The number of carbonyl (C=O) groups is 1. The van der Waals surface area contributed by atoms with Gasteiger partial charge in [0.25, 0.3) is 0 Å². The Labute approximate surface area is 120 Å². The van der Waals surface area contributed by atoms with Gasteiger partial charge < -0.3 is 16.0 Å². The third kappa shape index (κ3) is 2.35. The number of nitrogens with two attached hydrogens (primary N) is 1. The van der Waals surface area contributed by atoms with Crippen LogP contribution in [0.25, 0.3) is 0 Å². The van der Waals surface area contributed by atoms with E-state index in [4.69, 9.17) is 5.73 Å². The highest BCUT2D eigenvalue weighted by atomic mass is 16.2. The van der Waals surface area contributed by atoms with E-state index in [9.17, 15) is 4.79 Å². The van der Waals surface area contributed by atoms with Gasteiger partial charge in [0.15, 0.2) is 0 Å². The van der Waals surface area contributed by atoms with Gasteiger partial charge >= 0.3 is 0 Å². The zero-order chi connectivity index (χ0) is 14.1. The summed E-state index contributed by atoms with van der Waals surface area (Å²) in [5.41, 5.74) is 9.18.